The average molecular weight is 335 g/mol. The molecule has 0 amide bonds. The lowest BCUT2D eigenvalue weighted by molar-refractivity contribution is 0.0106. The summed E-state index contributed by atoms with van der Waals surface area (Å²) in [4.78, 5) is 6.67. The van der Waals surface area contributed by atoms with Crippen LogP contribution in [0.4, 0.5) is 0 Å². The van der Waals surface area contributed by atoms with E-state index in [4.69, 9.17) is 0 Å². The fourth-order valence-corrected chi connectivity index (χ4v) is 5.70. The number of nitrogens with zero attached hydrogens (tertiary/aromatic N) is 2. The fourth-order valence-electron chi connectivity index (χ4n) is 4.12. The van der Waals surface area contributed by atoms with E-state index in [2.05, 4.69) is 20.7 Å². The van der Waals surface area contributed by atoms with Gasteiger partial charge in [-0.25, -0.2) is 13.1 Å². The molecule has 23 heavy (non-hydrogen) atoms. The zero-order chi connectivity index (χ0) is 15.9. The first-order valence-electron chi connectivity index (χ1n) is 8.67. The Morgan fingerprint density at radius 1 is 1.26 bits per heavy atom. The van der Waals surface area contributed by atoms with Gasteiger partial charge in [0, 0.05) is 25.0 Å². The van der Waals surface area contributed by atoms with Crippen molar-refractivity contribution >= 4 is 10.0 Å². The van der Waals surface area contributed by atoms with Gasteiger partial charge in [-0.3, -0.25) is 9.88 Å². The highest BCUT2D eigenvalue weighted by atomic mass is 32.2. The standard InChI is InChI=1S/C17H25N3O2S/c21-23(22,16-3-4-16)19-15-10-17(11-15)5-8-20(9-6-17)13-14-2-1-7-18-12-14/h1-2,7,12,15-16,19H,3-6,8-11,13H2. The van der Waals surface area contributed by atoms with Crippen LogP contribution < -0.4 is 4.72 Å². The summed E-state index contributed by atoms with van der Waals surface area (Å²) in [5.74, 6) is 0. The predicted octanol–water partition coefficient (Wildman–Crippen LogP) is 1.91. The Labute approximate surface area is 138 Å². The number of nitrogens with one attached hydrogen (secondary N) is 1. The number of sulfonamides is 1. The molecule has 1 aromatic rings. The maximum atomic E-state index is 12.0. The van der Waals surface area contributed by atoms with Crippen molar-refractivity contribution < 1.29 is 8.42 Å². The maximum Gasteiger partial charge on any atom is 0.214 e. The molecule has 1 aliphatic heterocycles. The second kappa shape index (κ2) is 5.83. The smallest absolute Gasteiger partial charge is 0.214 e. The van der Waals surface area contributed by atoms with E-state index < -0.39 is 10.0 Å². The Bertz CT molecular complexity index is 642. The number of aromatic nitrogens is 1. The van der Waals surface area contributed by atoms with Crippen molar-refractivity contribution in [2.75, 3.05) is 13.1 Å². The van der Waals surface area contributed by atoms with Gasteiger partial charge in [-0.15, -0.1) is 0 Å². The molecule has 2 aliphatic carbocycles. The topological polar surface area (TPSA) is 62.3 Å². The van der Waals surface area contributed by atoms with E-state index in [1.54, 1.807) is 0 Å². The zero-order valence-corrected chi connectivity index (χ0v) is 14.3. The van der Waals surface area contributed by atoms with Gasteiger partial charge >= 0.3 is 0 Å². The molecule has 3 fully saturated rings. The first kappa shape index (κ1) is 15.5. The Kier molecular flexibility index (Phi) is 3.94. The third-order valence-corrected chi connectivity index (χ3v) is 7.71. The first-order chi connectivity index (χ1) is 11.0. The fraction of sp³-hybridized carbons (Fsp3) is 0.706. The molecule has 0 bridgehead atoms. The monoisotopic (exact) mass is 335 g/mol. The molecule has 4 rings (SSSR count). The van der Waals surface area contributed by atoms with E-state index >= 15 is 0 Å². The molecule has 0 unspecified atom stereocenters. The molecule has 1 N–H and O–H groups in total. The van der Waals surface area contributed by atoms with Gasteiger partial charge in [-0.1, -0.05) is 6.07 Å². The van der Waals surface area contributed by atoms with E-state index in [-0.39, 0.29) is 11.3 Å². The normalized spacial score (nSPS) is 25.4. The van der Waals surface area contributed by atoms with Gasteiger partial charge in [-0.2, -0.15) is 0 Å². The minimum absolute atomic E-state index is 0.0969. The van der Waals surface area contributed by atoms with Crippen molar-refractivity contribution in [3.63, 3.8) is 0 Å². The Balaban J connectivity index is 1.25. The summed E-state index contributed by atoms with van der Waals surface area (Å²) in [5.41, 5.74) is 1.66. The quantitative estimate of drug-likeness (QED) is 0.893. The van der Waals surface area contributed by atoms with Gasteiger partial charge in [0.2, 0.25) is 10.0 Å². The molecule has 126 valence electrons. The van der Waals surface area contributed by atoms with Crippen LogP contribution in [0.2, 0.25) is 0 Å². The van der Waals surface area contributed by atoms with Crippen LogP contribution in [0.25, 0.3) is 0 Å². The van der Waals surface area contributed by atoms with Gasteiger partial charge in [0.25, 0.3) is 0 Å². The van der Waals surface area contributed by atoms with Crippen LogP contribution in [0, 0.1) is 5.41 Å². The van der Waals surface area contributed by atoms with Crippen molar-refractivity contribution in [3.8, 4) is 0 Å². The average Bonchev–Trinajstić information content (AvgIpc) is 3.34. The lowest BCUT2D eigenvalue weighted by Gasteiger charge is -2.52. The molecule has 6 heteroatoms. The predicted molar refractivity (Wildman–Crippen MR) is 89.3 cm³/mol. The van der Waals surface area contributed by atoms with Crippen molar-refractivity contribution in [3.05, 3.63) is 30.1 Å². The minimum atomic E-state index is -3.02. The molecule has 1 aromatic heterocycles. The van der Waals surface area contributed by atoms with Gasteiger partial charge < -0.3 is 0 Å². The molecule has 3 aliphatic rings. The summed E-state index contributed by atoms with van der Waals surface area (Å²) in [7, 11) is -3.02. The number of hydrogen-bond donors (Lipinski definition) is 1. The molecule has 1 saturated heterocycles. The van der Waals surface area contributed by atoms with E-state index in [9.17, 15) is 8.42 Å². The number of piperidine rings is 1. The highest BCUT2D eigenvalue weighted by Crippen LogP contribution is 2.49. The van der Waals surface area contributed by atoms with Gasteiger partial charge in [-0.05, 0) is 68.7 Å². The van der Waals surface area contributed by atoms with Crippen molar-refractivity contribution in [2.24, 2.45) is 5.41 Å². The summed E-state index contributed by atoms with van der Waals surface area (Å²) >= 11 is 0. The lowest BCUT2D eigenvalue weighted by atomic mass is 9.60. The highest BCUT2D eigenvalue weighted by Gasteiger charge is 2.48. The Morgan fingerprint density at radius 2 is 2.00 bits per heavy atom. The van der Waals surface area contributed by atoms with Gasteiger partial charge in [0.15, 0.2) is 0 Å². The molecule has 0 aromatic carbocycles. The molecular weight excluding hydrogens is 310 g/mol. The zero-order valence-electron chi connectivity index (χ0n) is 13.4. The number of likely N-dealkylation sites (tertiary alicyclic amines) is 1. The maximum absolute atomic E-state index is 12.0. The van der Waals surface area contributed by atoms with Crippen LogP contribution in [0.15, 0.2) is 24.5 Å². The SMILES string of the molecule is O=S(=O)(NC1CC2(CCN(Cc3cccnc3)CC2)C1)C1CC1. The largest absolute Gasteiger partial charge is 0.299 e. The molecule has 2 heterocycles. The van der Waals surface area contributed by atoms with Crippen LogP contribution in [0.1, 0.15) is 44.1 Å². The van der Waals surface area contributed by atoms with Crippen molar-refractivity contribution in [1.29, 1.82) is 0 Å². The molecule has 0 atom stereocenters. The molecule has 0 radical (unpaired) electrons. The third-order valence-electron chi connectivity index (χ3n) is 5.70. The van der Waals surface area contributed by atoms with E-state index in [0.29, 0.717) is 5.41 Å². The summed E-state index contributed by atoms with van der Waals surface area (Å²) < 4.78 is 26.9. The van der Waals surface area contributed by atoms with E-state index in [1.807, 2.05) is 18.5 Å². The summed E-state index contributed by atoms with van der Waals surface area (Å²) in [6, 6.07) is 4.30. The van der Waals surface area contributed by atoms with Crippen molar-refractivity contribution in [2.45, 2.75) is 56.4 Å². The van der Waals surface area contributed by atoms with E-state index in [0.717, 1.165) is 45.3 Å². The van der Waals surface area contributed by atoms with Crippen LogP contribution in [0.5, 0.6) is 0 Å². The third kappa shape index (κ3) is 3.44. The Morgan fingerprint density at radius 3 is 2.61 bits per heavy atom. The number of pyridine rings is 1. The first-order valence-corrected chi connectivity index (χ1v) is 10.2. The van der Waals surface area contributed by atoms with Crippen molar-refractivity contribution in [1.82, 2.24) is 14.6 Å². The molecule has 2 saturated carbocycles. The summed E-state index contributed by atoms with van der Waals surface area (Å²) in [6.07, 6.45) is 9.87. The molecule has 1 spiro atoms. The van der Waals surface area contributed by atoms with Crippen LogP contribution in [-0.4, -0.2) is 42.7 Å². The molecule has 5 nitrogen and oxygen atoms in total. The summed E-state index contributed by atoms with van der Waals surface area (Å²) in [6.45, 7) is 3.19. The van der Waals surface area contributed by atoms with Crippen LogP contribution in [0.3, 0.4) is 0 Å². The summed E-state index contributed by atoms with van der Waals surface area (Å²) in [5, 5.41) is -0.0969. The Hall–Kier alpha value is -0.980. The van der Waals surface area contributed by atoms with E-state index in [1.165, 1.54) is 18.4 Å². The minimum Gasteiger partial charge on any atom is -0.299 e. The van der Waals surface area contributed by atoms with Gasteiger partial charge in [0.1, 0.15) is 0 Å². The second-order valence-corrected chi connectivity index (χ2v) is 9.60. The van der Waals surface area contributed by atoms with Gasteiger partial charge in [0.05, 0.1) is 5.25 Å². The second-order valence-electron chi connectivity index (χ2n) is 7.60. The van der Waals surface area contributed by atoms with Crippen LogP contribution in [-0.2, 0) is 16.6 Å². The lowest BCUT2D eigenvalue weighted by Crippen LogP contribution is -2.55. The molecular formula is C17H25N3O2S. The highest BCUT2D eigenvalue weighted by molar-refractivity contribution is 7.90. The number of hydrogen-bond acceptors (Lipinski definition) is 4. The van der Waals surface area contributed by atoms with Crippen LogP contribution >= 0.6 is 0 Å². The number of rotatable bonds is 5.